The lowest BCUT2D eigenvalue weighted by Gasteiger charge is -2.21. The average Bonchev–Trinajstić information content (AvgIpc) is 2.25. The minimum Gasteiger partial charge on any atom is -0.383 e. The first-order valence-corrected chi connectivity index (χ1v) is 4.60. The molecule has 1 heterocycles. The van der Waals surface area contributed by atoms with Crippen molar-refractivity contribution in [1.29, 1.82) is 0 Å². The Labute approximate surface area is 83.9 Å². The van der Waals surface area contributed by atoms with Gasteiger partial charge in [-0.25, -0.2) is 0 Å². The van der Waals surface area contributed by atoms with Crippen LogP contribution in [0.2, 0.25) is 0 Å². The molecule has 0 amide bonds. The molecule has 0 unspecified atom stereocenters. The van der Waals surface area contributed by atoms with Crippen molar-refractivity contribution < 1.29 is 4.74 Å². The van der Waals surface area contributed by atoms with Crippen molar-refractivity contribution in [2.45, 2.75) is 0 Å². The van der Waals surface area contributed by atoms with Crippen LogP contribution in [0, 0.1) is 0 Å². The summed E-state index contributed by atoms with van der Waals surface area (Å²) in [6.07, 6.45) is 1.65. The summed E-state index contributed by atoms with van der Waals surface area (Å²) in [5, 5.41) is 7.84. The number of nitrogens with zero attached hydrogens (tertiary/aromatic N) is 3. The van der Waals surface area contributed by atoms with Crippen molar-refractivity contribution in [2.24, 2.45) is 5.73 Å². The third-order valence-corrected chi connectivity index (χ3v) is 1.85. The molecule has 0 bridgehead atoms. The summed E-state index contributed by atoms with van der Waals surface area (Å²) in [5.74, 6) is 0.843. The smallest absolute Gasteiger partial charge is 0.151 e. The number of methoxy groups -OCH3 is 1. The SMILES string of the molecule is COCCN(CCN)c1cccnn1. The largest absolute Gasteiger partial charge is 0.383 e. The van der Waals surface area contributed by atoms with E-state index in [1.807, 2.05) is 12.1 Å². The third-order valence-electron chi connectivity index (χ3n) is 1.85. The number of nitrogens with two attached hydrogens (primary N) is 1. The fraction of sp³-hybridized carbons (Fsp3) is 0.556. The highest BCUT2D eigenvalue weighted by molar-refractivity contribution is 5.36. The third kappa shape index (κ3) is 3.27. The molecule has 1 aromatic rings. The summed E-state index contributed by atoms with van der Waals surface area (Å²) in [5.41, 5.74) is 5.51. The van der Waals surface area contributed by atoms with Crippen LogP contribution in [0.5, 0.6) is 0 Å². The lowest BCUT2D eigenvalue weighted by molar-refractivity contribution is 0.205. The second-order valence-electron chi connectivity index (χ2n) is 2.85. The predicted molar refractivity (Wildman–Crippen MR) is 55.2 cm³/mol. The molecule has 0 aliphatic carbocycles. The molecule has 0 saturated heterocycles. The zero-order valence-electron chi connectivity index (χ0n) is 8.39. The van der Waals surface area contributed by atoms with Gasteiger partial charge in [-0.1, -0.05) is 0 Å². The molecule has 0 atom stereocenters. The number of anilines is 1. The quantitative estimate of drug-likeness (QED) is 0.687. The van der Waals surface area contributed by atoms with E-state index in [2.05, 4.69) is 15.1 Å². The summed E-state index contributed by atoms with van der Waals surface area (Å²) in [6, 6.07) is 3.77. The van der Waals surface area contributed by atoms with Gasteiger partial charge in [-0.3, -0.25) is 0 Å². The molecular formula is C9H16N4O. The van der Waals surface area contributed by atoms with E-state index in [4.69, 9.17) is 10.5 Å². The maximum Gasteiger partial charge on any atom is 0.151 e. The Balaban J connectivity index is 2.58. The molecule has 2 N–H and O–H groups in total. The molecule has 0 aliphatic rings. The predicted octanol–water partition coefficient (Wildman–Crippen LogP) is -0.112. The minimum atomic E-state index is 0.598. The Hall–Kier alpha value is -1.20. The van der Waals surface area contributed by atoms with Gasteiger partial charge in [0.2, 0.25) is 0 Å². The first kappa shape index (κ1) is 10.9. The van der Waals surface area contributed by atoms with E-state index in [-0.39, 0.29) is 0 Å². The number of hydrogen-bond acceptors (Lipinski definition) is 5. The van der Waals surface area contributed by atoms with E-state index in [0.29, 0.717) is 13.2 Å². The fourth-order valence-corrected chi connectivity index (χ4v) is 1.16. The highest BCUT2D eigenvalue weighted by Gasteiger charge is 2.05. The highest BCUT2D eigenvalue weighted by Crippen LogP contribution is 2.06. The molecule has 0 saturated carbocycles. The van der Waals surface area contributed by atoms with Crippen LogP contribution in [0.15, 0.2) is 18.3 Å². The standard InChI is InChI=1S/C9H16N4O/c1-14-8-7-13(6-4-10)9-3-2-5-11-12-9/h2-3,5H,4,6-8,10H2,1H3. The van der Waals surface area contributed by atoms with Crippen LogP contribution in [0.3, 0.4) is 0 Å². The average molecular weight is 196 g/mol. The van der Waals surface area contributed by atoms with Crippen molar-refractivity contribution >= 4 is 5.82 Å². The molecule has 78 valence electrons. The van der Waals surface area contributed by atoms with Crippen LogP contribution < -0.4 is 10.6 Å². The Morgan fingerprint density at radius 2 is 2.36 bits per heavy atom. The van der Waals surface area contributed by atoms with Gasteiger partial charge in [-0.05, 0) is 12.1 Å². The monoisotopic (exact) mass is 196 g/mol. The van der Waals surface area contributed by atoms with Gasteiger partial charge < -0.3 is 15.4 Å². The number of rotatable bonds is 6. The summed E-state index contributed by atoms with van der Waals surface area (Å²) >= 11 is 0. The molecule has 0 spiro atoms. The molecule has 1 rings (SSSR count). The van der Waals surface area contributed by atoms with E-state index in [0.717, 1.165) is 18.9 Å². The summed E-state index contributed by atoms with van der Waals surface area (Å²) in [4.78, 5) is 2.05. The van der Waals surface area contributed by atoms with Crippen molar-refractivity contribution in [3.05, 3.63) is 18.3 Å². The Bertz CT molecular complexity index is 242. The molecule has 5 heteroatoms. The number of hydrogen-bond donors (Lipinski definition) is 1. The van der Waals surface area contributed by atoms with E-state index in [9.17, 15) is 0 Å². The van der Waals surface area contributed by atoms with Gasteiger partial charge in [0.15, 0.2) is 5.82 Å². The van der Waals surface area contributed by atoms with Crippen LogP contribution >= 0.6 is 0 Å². The van der Waals surface area contributed by atoms with E-state index < -0.39 is 0 Å². The molecule has 5 nitrogen and oxygen atoms in total. The van der Waals surface area contributed by atoms with E-state index >= 15 is 0 Å². The van der Waals surface area contributed by atoms with Crippen LogP contribution in [0.4, 0.5) is 5.82 Å². The second kappa shape index (κ2) is 6.28. The van der Waals surface area contributed by atoms with Gasteiger partial charge in [0, 0.05) is 32.9 Å². The molecule has 0 aliphatic heterocycles. The zero-order valence-corrected chi connectivity index (χ0v) is 8.39. The summed E-state index contributed by atoms with van der Waals surface area (Å²) < 4.78 is 5.01. The first-order valence-electron chi connectivity index (χ1n) is 4.60. The first-order chi connectivity index (χ1) is 6.88. The Morgan fingerprint density at radius 3 is 2.93 bits per heavy atom. The van der Waals surface area contributed by atoms with Crippen LogP contribution in [0.1, 0.15) is 0 Å². The molecule has 14 heavy (non-hydrogen) atoms. The molecule has 0 radical (unpaired) electrons. The molecular weight excluding hydrogens is 180 g/mol. The Kier molecular flexibility index (Phi) is 4.88. The topological polar surface area (TPSA) is 64.3 Å². The Morgan fingerprint density at radius 1 is 1.50 bits per heavy atom. The lowest BCUT2D eigenvalue weighted by atomic mass is 10.4. The van der Waals surface area contributed by atoms with Crippen molar-refractivity contribution in [1.82, 2.24) is 10.2 Å². The fourth-order valence-electron chi connectivity index (χ4n) is 1.16. The lowest BCUT2D eigenvalue weighted by Crippen LogP contribution is -2.33. The number of aromatic nitrogens is 2. The van der Waals surface area contributed by atoms with Crippen molar-refractivity contribution in [2.75, 3.05) is 38.3 Å². The zero-order chi connectivity index (χ0) is 10.2. The number of ether oxygens (including phenoxy) is 1. The molecule has 0 fully saturated rings. The van der Waals surface area contributed by atoms with Crippen LogP contribution in [0.25, 0.3) is 0 Å². The normalized spacial score (nSPS) is 10.1. The van der Waals surface area contributed by atoms with Gasteiger partial charge in [0.25, 0.3) is 0 Å². The van der Waals surface area contributed by atoms with Crippen molar-refractivity contribution in [3.8, 4) is 0 Å². The van der Waals surface area contributed by atoms with Gasteiger partial charge in [-0.15, -0.1) is 5.10 Å². The van der Waals surface area contributed by atoms with E-state index in [1.165, 1.54) is 0 Å². The van der Waals surface area contributed by atoms with Gasteiger partial charge in [0.1, 0.15) is 0 Å². The minimum absolute atomic E-state index is 0.598. The second-order valence-corrected chi connectivity index (χ2v) is 2.85. The molecule has 0 aromatic carbocycles. The maximum atomic E-state index is 5.51. The van der Waals surface area contributed by atoms with Gasteiger partial charge >= 0.3 is 0 Å². The van der Waals surface area contributed by atoms with E-state index in [1.54, 1.807) is 13.3 Å². The summed E-state index contributed by atoms with van der Waals surface area (Å²) in [7, 11) is 1.68. The highest BCUT2D eigenvalue weighted by atomic mass is 16.5. The van der Waals surface area contributed by atoms with Gasteiger partial charge in [-0.2, -0.15) is 5.10 Å². The van der Waals surface area contributed by atoms with Gasteiger partial charge in [0.05, 0.1) is 6.61 Å². The summed E-state index contributed by atoms with van der Waals surface area (Å²) in [6.45, 7) is 2.81. The van der Waals surface area contributed by atoms with Crippen LogP contribution in [-0.4, -0.2) is 43.5 Å². The van der Waals surface area contributed by atoms with Crippen molar-refractivity contribution in [3.63, 3.8) is 0 Å². The van der Waals surface area contributed by atoms with Crippen LogP contribution in [-0.2, 0) is 4.74 Å². The molecule has 1 aromatic heterocycles. The maximum absolute atomic E-state index is 5.51.